The molecule has 0 bridgehead atoms. The number of tetrazole rings is 1. The maximum atomic E-state index is 13.2. The van der Waals surface area contributed by atoms with E-state index in [0.717, 1.165) is 23.9 Å². The average Bonchev–Trinajstić information content (AvgIpc) is 3.09. The van der Waals surface area contributed by atoms with Crippen LogP contribution in [0.1, 0.15) is 6.92 Å². The predicted octanol–water partition coefficient (Wildman–Crippen LogP) is 3.82. The van der Waals surface area contributed by atoms with Crippen molar-refractivity contribution >= 4 is 23.4 Å². The lowest BCUT2D eigenvalue weighted by atomic mass is 10.3. The molecule has 0 saturated carbocycles. The summed E-state index contributed by atoms with van der Waals surface area (Å²) in [6.45, 7) is 1.61. The molecule has 1 heterocycles. The summed E-state index contributed by atoms with van der Waals surface area (Å²) in [5.41, 5.74) is 0.687. The predicted molar refractivity (Wildman–Crippen MR) is 96.2 cm³/mol. The van der Waals surface area contributed by atoms with Gasteiger partial charge in [-0.05, 0) is 59.8 Å². The van der Waals surface area contributed by atoms with Crippen LogP contribution in [0.15, 0.2) is 53.7 Å². The number of hydrogen-bond donors (Lipinski definition) is 1. The SMILES string of the molecule is CC(Sc1nnnn1-c1ccc(OC(F)(F)F)cc1)C(=O)Nc1cccc(F)c1. The zero-order chi connectivity index (χ0) is 21.0. The Labute approximate surface area is 166 Å². The number of anilines is 1. The van der Waals surface area contributed by atoms with Crippen LogP contribution in [-0.4, -0.2) is 37.7 Å². The fourth-order valence-electron chi connectivity index (χ4n) is 2.23. The number of amides is 1. The van der Waals surface area contributed by atoms with Gasteiger partial charge in [0, 0.05) is 5.69 Å². The molecule has 1 unspecified atom stereocenters. The van der Waals surface area contributed by atoms with Crippen molar-refractivity contribution in [3.8, 4) is 11.4 Å². The molecule has 1 N–H and O–H groups in total. The Hall–Kier alpha value is -3.15. The Morgan fingerprint density at radius 3 is 2.59 bits per heavy atom. The van der Waals surface area contributed by atoms with E-state index < -0.39 is 23.3 Å². The molecule has 0 saturated heterocycles. The van der Waals surface area contributed by atoms with Crippen LogP contribution < -0.4 is 10.1 Å². The van der Waals surface area contributed by atoms with Crippen molar-refractivity contribution in [2.75, 3.05) is 5.32 Å². The van der Waals surface area contributed by atoms with Crippen LogP contribution in [0.3, 0.4) is 0 Å². The maximum Gasteiger partial charge on any atom is 0.573 e. The average molecular weight is 427 g/mol. The van der Waals surface area contributed by atoms with Gasteiger partial charge in [0.15, 0.2) is 0 Å². The molecule has 2 aromatic carbocycles. The summed E-state index contributed by atoms with van der Waals surface area (Å²) in [5.74, 6) is -1.26. The molecule has 0 spiro atoms. The van der Waals surface area contributed by atoms with Gasteiger partial charge >= 0.3 is 6.36 Å². The van der Waals surface area contributed by atoms with Crippen LogP contribution in [0.4, 0.5) is 23.2 Å². The normalized spacial score (nSPS) is 12.4. The van der Waals surface area contributed by atoms with Crippen LogP contribution in [0.5, 0.6) is 5.75 Å². The second kappa shape index (κ2) is 8.47. The third kappa shape index (κ3) is 5.67. The lowest BCUT2D eigenvalue weighted by Gasteiger charge is -2.12. The van der Waals surface area contributed by atoms with Crippen molar-refractivity contribution in [1.29, 1.82) is 0 Å². The molecule has 1 aromatic heterocycles. The second-order valence-corrected chi connectivity index (χ2v) is 6.98. The van der Waals surface area contributed by atoms with Crippen molar-refractivity contribution in [3.05, 3.63) is 54.3 Å². The summed E-state index contributed by atoms with van der Waals surface area (Å²) in [6.07, 6.45) is -4.79. The molecule has 1 amide bonds. The number of aromatic nitrogens is 4. The van der Waals surface area contributed by atoms with Gasteiger partial charge in [-0.25, -0.2) is 4.39 Å². The van der Waals surface area contributed by atoms with Crippen molar-refractivity contribution in [1.82, 2.24) is 20.2 Å². The number of rotatable bonds is 6. The van der Waals surface area contributed by atoms with Gasteiger partial charge in [-0.2, -0.15) is 4.68 Å². The molecule has 0 radical (unpaired) electrons. The minimum atomic E-state index is -4.79. The van der Waals surface area contributed by atoms with Gasteiger partial charge in [0.1, 0.15) is 11.6 Å². The van der Waals surface area contributed by atoms with Gasteiger partial charge in [-0.3, -0.25) is 4.79 Å². The largest absolute Gasteiger partial charge is 0.573 e. The minimum absolute atomic E-state index is 0.247. The van der Waals surface area contributed by atoms with Gasteiger partial charge in [-0.15, -0.1) is 18.3 Å². The molecule has 29 heavy (non-hydrogen) atoms. The number of ether oxygens (including phenoxy) is 1. The fraction of sp³-hybridized carbons (Fsp3) is 0.176. The summed E-state index contributed by atoms with van der Waals surface area (Å²) >= 11 is 1.03. The first-order chi connectivity index (χ1) is 13.7. The highest BCUT2D eigenvalue weighted by molar-refractivity contribution is 8.00. The smallest absolute Gasteiger partial charge is 0.406 e. The standard InChI is InChI=1S/C17H13F4N5O2S/c1-10(15(27)22-12-4-2-3-11(18)9-12)29-16-23-24-25-26(16)13-5-7-14(8-6-13)28-17(19,20)21/h2-10H,1H3,(H,22,27). The van der Waals surface area contributed by atoms with E-state index in [1.54, 1.807) is 13.0 Å². The first-order valence-corrected chi connectivity index (χ1v) is 8.97. The van der Waals surface area contributed by atoms with E-state index in [-0.39, 0.29) is 10.9 Å². The maximum absolute atomic E-state index is 13.2. The number of carbonyl (C=O) groups is 1. The van der Waals surface area contributed by atoms with E-state index in [4.69, 9.17) is 0 Å². The topological polar surface area (TPSA) is 81.9 Å². The minimum Gasteiger partial charge on any atom is -0.406 e. The summed E-state index contributed by atoms with van der Waals surface area (Å²) in [6, 6.07) is 10.4. The highest BCUT2D eigenvalue weighted by Crippen LogP contribution is 2.27. The Bertz CT molecular complexity index is 994. The summed E-state index contributed by atoms with van der Waals surface area (Å²) in [7, 11) is 0. The van der Waals surface area contributed by atoms with Crippen molar-refractivity contribution < 1.29 is 27.1 Å². The van der Waals surface area contributed by atoms with Crippen LogP contribution in [0.25, 0.3) is 5.69 Å². The Balaban J connectivity index is 1.69. The quantitative estimate of drug-likeness (QED) is 0.476. The molecule has 152 valence electrons. The number of alkyl halides is 3. The first-order valence-electron chi connectivity index (χ1n) is 8.09. The Kier molecular flexibility index (Phi) is 6.01. The summed E-state index contributed by atoms with van der Waals surface area (Å²) in [4.78, 5) is 12.3. The van der Waals surface area contributed by atoms with Gasteiger partial charge in [-0.1, -0.05) is 17.8 Å². The Morgan fingerprint density at radius 1 is 1.21 bits per heavy atom. The molecule has 12 heteroatoms. The molecule has 0 fully saturated rings. The zero-order valence-electron chi connectivity index (χ0n) is 14.7. The lowest BCUT2D eigenvalue weighted by Crippen LogP contribution is -2.23. The molecule has 3 aromatic rings. The molecule has 3 rings (SSSR count). The van der Waals surface area contributed by atoms with E-state index in [1.165, 1.54) is 35.0 Å². The van der Waals surface area contributed by atoms with E-state index >= 15 is 0 Å². The van der Waals surface area contributed by atoms with Gasteiger partial charge < -0.3 is 10.1 Å². The van der Waals surface area contributed by atoms with E-state index in [0.29, 0.717) is 11.4 Å². The monoisotopic (exact) mass is 427 g/mol. The third-order valence-electron chi connectivity index (χ3n) is 3.50. The van der Waals surface area contributed by atoms with Gasteiger partial charge in [0.05, 0.1) is 10.9 Å². The highest BCUT2D eigenvalue weighted by Gasteiger charge is 2.31. The molecule has 0 aliphatic heterocycles. The van der Waals surface area contributed by atoms with Crippen molar-refractivity contribution in [2.24, 2.45) is 0 Å². The zero-order valence-corrected chi connectivity index (χ0v) is 15.5. The summed E-state index contributed by atoms with van der Waals surface area (Å²) in [5, 5.41) is 13.3. The number of nitrogens with one attached hydrogen (secondary N) is 1. The molecule has 7 nitrogen and oxygen atoms in total. The third-order valence-corrected chi connectivity index (χ3v) is 4.53. The van der Waals surface area contributed by atoms with Crippen LogP contribution in [-0.2, 0) is 4.79 Å². The highest BCUT2D eigenvalue weighted by atomic mass is 32.2. The number of carbonyl (C=O) groups excluding carboxylic acids is 1. The van der Waals surface area contributed by atoms with Gasteiger partial charge in [0.25, 0.3) is 0 Å². The second-order valence-electron chi connectivity index (χ2n) is 5.67. The van der Waals surface area contributed by atoms with E-state index in [1.807, 2.05) is 0 Å². The number of thioether (sulfide) groups is 1. The number of hydrogen-bond acceptors (Lipinski definition) is 6. The van der Waals surface area contributed by atoms with Crippen molar-refractivity contribution in [2.45, 2.75) is 23.7 Å². The molecule has 0 aliphatic carbocycles. The van der Waals surface area contributed by atoms with Gasteiger partial charge in [0.2, 0.25) is 11.1 Å². The lowest BCUT2D eigenvalue weighted by molar-refractivity contribution is -0.274. The molecular formula is C17H13F4N5O2S. The van der Waals surface area contributed by atoms with Crippen molar-refractivity contribution in [3.63, 3.8) is 0 Å². The molecule has 0 aliphatic rings. The van der Waals surface area contributed by atoms with Crippen LogP contribution >= 0.6 is 11.8 Å². The fourth-order valence-corrected chi connectivity index (χ4v) is 3.03. The molecule has 1 atom stereocenters. The number of benzene rings is 2. The van der Waals surface area contributed by atoms with E-state index in [2.05, 4.69) is 25.6 Å². The first kappa shape index (κ1) is 20.6. The Morgan fingerprint density at radius 2 is 1.93 bits per heavy atom. The van der Waals surface area contributed by atoms with Crippen LogP contribution in [0, 0.1) is 5.82 Å². The number of nitrogens with zero attached hydrogens (tertiary/aromatic N) is 4. The number of halogens is 4. The van der Waals surface area contributed by atoms with Crippen LogP contribution in [0.2, 0.25) is 0 Å². The summed E-state index contributed by atoms with van der Waals surface area (Å²) < 4.78 is 55.1. The van der Waals surface area contributed by atoms with E-state index in [9.17, 15) is 22.4 Å². The molecular weight excluding hydrogens is 414 g/mol.